The summed E-state index contributed by atoms with van der Waals surface area (Å²) in [5.74, 6) is 1.90. The molecule has 0 spiro atoms. The Balaban J connectivity index is 1.50. The summed E-state index contributed by atoms with van der Waals surface area (Å²) in [6.07, 6.45) is 5.45. The number of nitrogens with one attached hydrogen (secondary N) is 1. The van der Waals surface area contributed by atoms with E-state index >= 15 is 0 Å². The standard InChI is InChI=1S/C26H38NO6P/c1-6-31-34(30,27-17(4)25(29)32-16(2)3)33-19-8-10-20-18(15-19)7-9-22-21(20)13-14-26(5)23(22)11-12-24(26)28/h8,10,15-17,21-23H,6-7,9,11-14H2,1-5H3,(H,27,30)/t17-,21-,22-,23+,26+,34?/m0/s1. The maximum Gasteiger partial charge on any atom is 0.459 e. The third kappa shape index (κ3) is 4.84. The number of rotatable bonds is 8. The van der Waals surface area contributed by atoms with E-state index in [1.54, 1.807) is 27.7 Å². The summed E-state index contributed by atoms with van der Waals surface area (Å²) in [5, 5.41) is 2.71. The van der Waals surface area contributed by atoms with Crippen molar-refractivity contribution >= 4 is 19.5 Å². The number of fused-ring (bicyclic) bond motifs is 5. The fraction of sp³-hybridized carbons (Fsp3) is 0.692. The Hall–Kier alpha value is -1.69. The number of carbonyl (C=O) groups is 2. The third-order valence-electron chi connectivity index (χ3n) is 7.99. The van der Waals surface area contributed by atoms with Crippen LogP contribution in [0.2, 0.25) is 0 Å². The molecule has 6 atom stereocenters. The number of ether oxygens (including phenoxy) is 1. The Bertz CT molecular complexity index is 994. The fourth-order valence-electron chi connectivity index (χ4n) is 6.41. The molecule has 8 heteroatoms. The second kappa shape index (κ2) is 9.75. The Morgan fingerprint density at radius 2 is 1.97 bits per heavy atom. The largest absolute Gasteiger partial charge is 0.462 e. The van der Waals surface area contributed by atoms with Crippen molar-refractivity contribution in [1.29, 1.82) is 0 Å². The zero-order chi connectivity index (χ0) is 24.7. The molecule has 4 rings (SSSR count). The first-order valence-corrected chi connectivity index (χ1v) is 14.2. The molecule has 1 aromatic rings. The number of carbonyl (C=O) groups excluding carboxylic acids is 2. The highest BCUT2D eigenvalue weighted by Gasteiger charge is 2.54. The normalized spacial score (nSPS) is 30.6. The predicted molar refractivity (Wildman–Crippen MR) is 130 cm³/mol. The quantitative estimate of drug-likeness (QED) is 0.376. The van der Waals surface area contributed by atoms with Crippen LogP contribution >= 0.6 is 7.75 Å². The monoisotopic (exact) mass is 491 g/mol. The molecule has 3 aliphatic rings. The van der Waals surface area contributed by atoms with Gasteiger partial charge < -0.3 is 9.26 Å². The van der Waals surface area contributed by atoms with Gasteiger partial charge in [-0.2, -0.15) is 5.09 Å². The second-order valence-electron chi connectivity index (χ2n) is 10.5. The van der Waals surface area contributed by atoms with Crippen LogP contribution in [0.3, 0.4) is 0 Å². The number of hydrogen-bond donors (Lipinski definition) is 1. The zero-order valence-electron chi connectivity index (χ0n) is 21.0. The van der Waals surface area contributed by atoms with Gasteiger partial charge in [-0.15, -0.1) is 0 Å². The average Bonchev–Trinajstić information content (AvgIpc) is 3.07. The topological polar surface area (TPSA) is 90.9 Å². The maximum absolute atomic E-state index is 13.4. The van der Waals surface area contributed by atoms with Gasteiger partial charge in [-0.05, 0) is 101 Å². The highest BCUT2D eigenvalue weighted by Crippen LogP contribution is 2.59. The van der Waals surface area contributed by atoms with Gasteiger partial charge in [0, 0.05) is 11.8 Å². The van der Waals surface area contributed by atoms with Crippen molar-refractivity contribution < 1.29 is 27.9 Å². The van der Waals surface area contributed by atoms with Gasteiger partial charge in [0.25, 0.3) is 0 Å². The van der Waals surface area contributed by atoms with Gasteiger partial charge in [-0.3, -0.25) is 14.1 Å². The van der Waals surface area contributed by atoms with E-state index in [4.69, 9.17) is 13.8 Å². The van der Waals surface area contributed by atoms with Crippen molar-refractivity contribution in [1.82, 2.24) is 5.09 Å². The predicted octanol–water partition coefficient (Wildman–Crippen LogP) is 5.56. The van der Waals surface area contributed by atoms with E-state index in [1.807, 2.05) is 12.1 Å². The number of Topliss-reactive ketones (excluding diaryl/α,β-unsaturated/α-hetero) is 1. The Labute approximate surface area is 202 Å². The Morgan fingerprint density at radius 3 is 2.68 bits per heavy atom. The first-order valence-electron chi connectivity index (χ1n) is 12.6. The van der Waals surface area contributed by atoms with Crippen molar-refractivity contribution in [2.45, 2.75) is 91.2 Å². The lowest BCUT2D eigenvalue weighted by Gasteiger charge is -2.48. The van der Waals surface area contributed by atoms with Crippen LogP contribution in [-0.4, -0.2) is 30.5 Å². The van der Waals surface area contributed by atoms with Crippen LogP contribution < -0.4 is 9.61 Å². The van der Waals surface area contributed by atoms with Crippen molar-refractivity contribution in [3.63, 3.8) is 0 Å². The number of benzene rings is 1. The molecular formula is C26H38NO6P. The van der Waals surface area contributed by atoms with E-state index < -0.39 is 19.8 Å². The summed E-state index contributed by atoms with van der Waals surface area (Å²) in [4.78, 5) is 24.8. The molecule has 188 valence electrons. The summed E-state index contributed by atoms with van der Waals surface area (Å²) >= 11 is 0. The molecule has 7 nitrogen and oxygen atoms in total. The van der Waals surface area contributed by atoms with Crippen molar-refractivity contribution in [2.75, 3.05) is 6.61 Å². The van der Waals surface area contributed by atoms with Crippen LogP contribution in [0, 0.1) is 17.3 Å². The second-order valence-corrected chi connectivity index (χ2v) is 12.2. The molecule has 0 aliphatic heterocycles. The summed E-state index contributed by atoms with van der Waals surface area (Å²) in [6.45, 7) is 9.19. The molecule has 1 aromatic carbocycles. The maximum atomic E-state index is 13.4. The first kappa shape index (κ1) is 25.4. The SMILES string of the molecule is CCOP(=O)(N[C@@H](C)C(=O)OC(C)C)Oc1ccc2c(c1)CC[C@@H]1[C@H]3CCC(=O)[C@]3(C)CC[C@@H]21. The third-order valence-corrected chi connectivity index (χ3v) is 9.74. The van der Waals surface area contributed by atoms with Crippen molar-refractivity contribution in [3.05, 3.63) is 29.3 Å². The van der Waals surface area contributed by atoms with E-state index in [0.717, 1.165) is 38.5 Å². The smallest absolute Gasteiger partial charge is 0.459 e. The number of ketones is 1. The average molecular weight is 492 g/mol. The number of esters is 1. The van der Waals surface area contributed by atoms with Gasteiger partial charge in [-0.1, -0.05) is 13.0 Å². The first-order chi connectivity index (χ1) is 16.1. The summed E-state index contributed by atoms with van der Waals surface area (Å²) in [6, 6.07) is 5.06. The minimum atomic E-state index is -3.78. The molecule has 34 heavy (non-hydrogen) atoms. The molecule has 0 amide bonds. The molecular weight excluding hydrogens is 453 g/mol. The number of aryl methyl sites for hydroxylation is 1. The van der Waals surface area contributed by atoms with Gasteiger partial charge in [0.05, 0.1) is 12.7 Å². The molecule has 1 unspecified atom stereocenters. The minimum absolute atomic E-state index is 0.134. The van der Waals surface area contributed by atoms with E-state index in [-0.39, 0.29) is 18.1 Å². The molecule has 0 radical (unpaired) electrons. The fourth-order valence-corrected chi connectivity index (χ4v) is 7.90. The lowest BCUT2D eigenvalue weighted by Crippen LogP contribution is -2.42. The molecule has 0 heterocycles. The lowest BCUT2D eigenvalue weighted by molar-refractivity contribution is -0.149. The lowest BCUT2D eigenvalue weighted by atomic mass is 9.55. The van der Waals surface area contributed by atoms with Gasteiger partial charge in [-0.25, -0.2) is 4.57 Å². The van der Waals surface area contributed by atoms with Gasteiger partial charge >= 0.3 is 13.7 Å². The Kier molecular flexibility index (Phi) is 7.29. The summed E-state index contributed by atoms with van der Waals surface area (Å²) < 4.78 is 29.9. The van der Waals surface area contributed by atoms with Crippen LogP contribution in [0.5, 0.6) is 5.75 Å². The van der Waals surface area contributed by atoms with Crippen LogP contribution in [0.1, 0.15) is 83.8 Å². The van der Waals surface area contributed by atoms with Crippen LogP contribution in [-0.2, 0) is 29.8 Å². The Morgan fingerprint density at radius 1 is 1.21 bits per heavy atom. The van der Waals surface area contributed by atoms with Crippen molar-refractivity contribution in [2.24, 2.45) is 17.3 Å². The van der Waals surface area contributed by atoms with Crippen LogP contribution in [0.15, 0.2) is 18.2 Å². The minimum Gasteiger partial charge on any atom is -0.462 e. The van der Waals surface area contributed by atoms with E-state index in [0.29, 0.717) is 29.3 Å². The van der Waals surface area contributed by atoms with Crippen LogP contribution in [0.25, 0.3) is 0 Å². The molecule has 0 bridgehead atoms. The molecule has 3 aliphatic carbocycles. The zero-order valence-corrected chi connectivity index (χ0v) is 21.9. The van der Waals surface area contributed by atoms with E-state index in [9.17, 15) is 14.2 Å². The summed E-state index contributed by atoms with van der Waals surface area (Å²) in [7, 11) is -3.78. The van der Waals surface area contributed by atoms with E-state index in [1.165, 1.54) is 11.1 Å². The van der Waals surface area contributed by atoms with Crippen molar-refractivity contribution in [3.8, 4) is 5.75 Å². The highest BCUT2D eigenvalue weighted by atomic mass is 31.2. The molecule has 0 aromatic heterocycles. The van der Waals surface area contributed by atoms with Gasteiger partial charge in [0.1, 0.15) is 17.6 Å². The molecule has 0 saturated heterocycles. The molecule has 2 fully saturated rings. The van der Waals surface area contributed by atoms with Gasteiger partial charge in [0.2, 0.25) is 0 Å². The van der Waals surface area contributed by atoms with Gasteiger partial charge in [0.15, 0.2) is 0 Å². The van der Waals surface area contributed by atoms with Crippen LogP contribution in [0.4, 0.5) is 0 Å². The molecule has 1 N–H and O–H groups in total. The number of hydrogen-bond acceptors (Lipinski definition) is 6. The van der Waals surface area contributed by atoms with E-state index in [2.05, 4.69) is 18.1 Å². The highest BCUT2D eigenvalue weighted by molar-refractivity contribution is 7.52. The summed E-state index contributed by atoms with van der Waals surface area (Å²) in [5.41, 5.74) is 2.41. The molecule has 2 saturated carbocycles.